The molecule has 0 spiro atoms. The Hall–Kier alpha value is -2.37. The lowest BCUT2D eigenvalue weighted by Crippen LogP contribution is -1.94. The van der Waals surface area contributed by atoms with E-state index in [2.05, 4.69) is 108 Å². The molecule has 0 saturated carbocycles. The summed E-state index contributed by atoms with van der Waals surface area (Å²) in [4.78, 5) is 1.36. The monoisotopic (exact) mass is 493 g/mol. The molecule has 0 aliphatic rings. The van der Waals surface area contributed by atoms with Crippen molar-refractivity contribution in [3.8, 4) is 10.6 Å². The molecule has 0 fully saturated rings. The lowest BCUT2D eigenvalue weighted by molar-refractivity contribution is 0.306. The van der Waals surface area contributed by atoms with E-state index in [9.17, 15) is 0 Å². The second-order valence-electron chi connectivity index (χ2n) is 6.69. The van der Waals surface area contributed by atoms with Gasteiger partial charge in [0.05, 0.1) is 0 Å². The summed E-state index contributed by atoms with van der Waals surface area (Å²) in [7, 11) is -0.0330. The smallest absolute Gasteiger partial charge is 0.187 e. The largest absolute Gasteiger partial charge is 0.489 e. The van der Waals surface area contributed by atoms with E-state index in [4.69, 9.17) is 4.74 Å². The Kier molecular flexibility index (Phi) is 4.79. The van der Waals surface area contributed by atoms with Crippen molar-refractivity contribution in [2.24, 2.45) is 0 Å². The van der Waals surface area contributed by atoms with Gasteiger partial charge in [-0.2, -0.15) is 0 Å². The zero-order chi connectivity index (χ0) is 18.9. The van der Waals surface area contributed by atoms with Crippen molar-refractivity contribution in [3.63, 3.8) is 0 Å². The second kappa shape index (κ2) is 7.57. The van der Waals surface area contributed by atoms with Crippen LogP contribution in [0.5, 0.6) is 5.75 Å². The van der Waals surface area contributed by atoms with Crippen molar-refractivity contribution in [3.05, 3.63) is 106 Å². The average molecular weight is 493 g/mol. The van der Waals surface area contributed by atoms with E-state index in [0.717, 1.165) is 5.75 Å². The summed E-state index contributed by atoms with van der Waals surface area (Å²) in [6.07, 6.45) is 0. The highest BCUT2D eigenvalue weighted by atomic mass is 127. The fraction of sp³-hybridized carbons (Fsp3) is 0.0400. The summed E-state index contributed by atoms with van der Waals surface area (Å²) >= 11 is 2.30. The molecule has 0 amide bonds. The molecule has 0 aliphatic carbocycles. The number of ether oxygens (including phenoxy) is 1. The molecule has 1 nitrogen and oxygen atoms in total. The number of halogens is 1. The standard InChI is InChI=1S/C25H18IOS/c26-19-11-13-20(14-12-19)27-17-18-9-15-21(16-10-18)28-24-7-3-1-5-22(24)23-6-2-4-8-25(23)28/h1-16H,17H2/q+1. The molecule has 1 aromatic heterocycles. The third kappa shape index (κ3) is 3.29. The number of hydrogen-bond acceptors (Lipinski definition) is 1. The highest BCUT2D eigenvalue weighted by molar-refractivity contribution is 14.1. The van der Waals surface area contributed by atoms with Crippen LogP contribution in [-0.4, -0.2) is 0 Å². The van der Waals surface area contributed by atoms with Gasteiger partial charge in [0.25, 0.3) is 0 Å². The van der Waals surface area contributed by atoms with Gasteiger partial charge in [0.1, 0.15) is 12.4 Å². The van der Waals surface area contributed by atoms with Crippen molar-refractivity contribution in [1.82, 2.24) is 0 Å². The van der Waals surface area contributed by atoms with Crippen LogP contribution in [0, 0.1) is 3.57 Å². The Morgan fingerprint density at radius 3 is 1.82 bits per heavy atom. The first kappa shape index (κ1) is 17.7. The van der Waals surface area contributed by atoms with E-state index in [0.29, 0.717) is 6.61 Å². The molecule has 5 aromatic rings. The zero-order valence-corrected chi connectivity index (χ0v) is 18.1. The third-order valence-corrected chi connectivity index (χ3v) is 7.94. The molecule has 136 valence electrons. The normalized spacial score (nSPS) is 11.2. The molecule has 0 unspecified atom stereocenters. The molecule has 5 rings (SSSR count). The molecule has 0 atom stereocenters. The minimum Gasteiger partial charge on any atom is -0.489 e. The van der Waals surface area contributed by atoms with Gasteiger partial charge in [-0.15, -0.1) is 0 Å². The summed E-state index contributed by atoms with van der Waals surface area (Å²) in [6, 6.07) is 34.6. The molecule has 0 N–H and O–H groups in total. The minimum atomic E-state index is -0.0330. The predicted octanol–water partition coefficient (Wildman–Crippen LogP) is 7.91. The van der Waals surface area contributed by atoms with Gasteiger partial charge >= 0.3 is 0 Å². The maximum absolute atomic E-state index is 5.92. The van der Waals surface area contributed by atoms with Gasteiger partial charge in [0, 0.05) is 24.8 Å². The van der Waals surface area contributed by atoms with Gasteiger partial charge < -0.3 is 4.74 Å². The zero-order valence-electron chi connectivity index (χ0n) is 15.1. The molecule has 0 saturated heterocycles. The van der Waals surface area contributed by atoms with Gasteiger partial charge in [0.2, 0.25) is 0 Å². The highest BCUT2D eigenvalue weighted by Gasteiger charge is 2.22. The van der Waals surface area contributed by atoms with Crippen molar-refractivity contribution >= 4 is 53.2 Å². The van der Waals surface area contributed by atoms with Crippen LogP contribution in [0.1, 0.15) is 5.56 Å². The van der Waals surface area contributed by atoms with E-state index >= 15 is 0 Å². The summed E-state index contributed by atoms with van der Waals surface area (Å²) in [5.74, 6) is 0.907. The van der Waals surface area contributed by atoms with Gasteiger partial charge in [-0.25, -0.2) is 0 Å². The van der Waals surface area contributed by atoms with Crippen LogP contribution in [0.15, 0.2) is 97.1 Å². The van der Waals surface area contributed by atoms with Crippen LogP contribution in [0.3, 0.4) is 0 Å². The first-order chi connectivity index (χ1) is 13.8. The van der Waals surface area contributed by atoms with Gasteiger partial charge in [-0.1, -0.05) is 36.4 Å². The molecule has 1 heterocycles. The number of fused-ring (bicyclic) bond motifs is 3. The van der Waals surface area contributed by atoms with Gasteiger partial charge in [-0.3, -0.25) is 0 Å². The second-order valence-corrected chi connectivity index (χ2v) is 9.89. The van der Waals surface area contributed by atoms with Crippen LogP contribution >= 0.6 is 33.1 Å². The fourth-order valence-corrected chi connectivity index (χ4v) is 6.26. The molecular weight excluding hydrogens is 475 g/mol. The van der Waals surface area contributed by atoms with Gasteiger partial charge in [0.15, 0.2) is 14.3 Å². The molecule has 0 radical (unpaired) electrons. The Morgan fingerprint density at radius 2 is 1.21 bits per heavy atom. The van der Waals surface area contributed by atoms with Crippen LogP contribution in [-0.2, 0) is 6.61 Å². The van der Waals surface area contributed by atoms with Crippen molar-refractivity contribution in [2.45, 2.75) is 6.61 Å². The maximum Gasteiger partial charge on any atom is 0.187 e. The SMILES string of the molecule is Ic1ccc(OCc2ccc(-[s+]3c4ccccc4c4ccccc43)cc2)cc1. The Morgan fingerprint density at radius 1 is 0.643 bits per heavy atom. The fourth-order valence-electron chi connectivity index (χ4n) is 3.53. The van der Waals surface area contributed by atoms with Crippen molar-refractivity contribution < 1.29 is 4.74 Å². The van der Waals surface area contributed by atoms with Crippen molar-refractivity contribution in [2.75, 3.05) is 0 Å². The third-order valence-electron chi connectivity index (χ3n) is 4.88. The Bertz CT molecular complexity index is 1200. The van der Waals surface area contributed by atoms with Crippen LogP contribution < -0.4 is 4.74 Å². The predicted molar refractivity (Wildman–Crippen MR) is 129 cm³/mol. The minimum absolute atomic E-state index is 0.0330. The first-order valence-electron chi connectivity index (χ1n) is 9.20. The number of thiophene rings is 1. The number of hydrogen-bond donors (Lipinski definition) is 0. The van der Waals surface area contributed by atoms with Gasteiger partial charge in [-0.05, 0) is 88.8 Å². The summed E-state index contributed by atoms with van der Waals surface area (Å²) in [5, 5.41) is 2.74. The van der Waals surface area contributed by atoms with E-state index in [-0.39, 0.29) is 10.5 Å². The van der Waals surface area contributed by atoms with E-state index < -0.39 is 0 Å². The summed E-state index contributed by atoms with van der Waals surface area (Å²) in [6.45, 7) is 0.585. The van der Waals surface area contributed by atoms with Crippen LogP contribution in [0.25, 0.3) is 25.1 Å². The lowest BCUT2D eigenvalue weighted by Gasteiger charge is -2.06. The number of rotatable bonds is 4. The quantitative estimate of drug-likeness (QED) is 0.183. The van der Waals surface area contributed by atoms with Crippen LogP contribution in [0.2, 0.25) is 0 Å². The highest BCUT2D eigenvalue weighted by Crippen LogP contribution is 2.48. The Balaban J connectivity index is 1.48. The molecule has 0 bridgehead atoms. The maximum atomic E-state index is 5.92. The number of benzene rings is 4. The molecule has 0 aliphatic heterocycles. The van der Waals surface area contributed by atoms with E-state index in [1.807, 2.05) is 12.1 Å². The average Bonchev–Trinajstić information content (AvgIpc) is 3.08. The van der Waals surface area contributed by atoms with Crippen LogP contribution in [0.4, 0.5) is 0 Å². The summed E-state index contributed by atoms with van der Waals surface area (Å²) in [5.41, 5.74) is 1.19. The molecule has 3 heteroatoms. The van der Waals surface area contributed by atoms with E-state index in [1.54, 1.807) is 0 Å². The van der Waals surface area contributed by atoms with Crippen molar-refractivity contribution in [1.29, 1.82) is 0 Å². The Labute approximate surface area is 180 Å². The lowest BCUT2D eigenvalue weighted by atomic mass is 10.2. The first-order valence-corrected chi connectivity index (χ1v) is 11.5. The molecule has 4 aromatic carbocycles. The molecule has 28 heavy (non-hydrogen) atoms. The summed E-state index contributed by atoms with van der Waals surface area (Å²) < 4.78 is 9.98. The van der Waals surface area contributed by atoms with E-state index in [1.165, 1.54) is 34.2 Å². The molecular formula is C25H18IOS+. The topological polar surface area (TPSA) is 9.23 Å².